The van der Waals surface area contributed by atoms with Gasteiger partial charge in [-0.2, -0.15) is 0 Å². The Balaban J connectivity index is 1.58. The predicted molar refractivity (Wildman–Crippen MR) is 148 cm³/mol. The summed E-state index contributed by atoms with van der Waals surface area (Å²) < 4.78 is 11.4. The Morgan fingerprint density at radius 1 is 0.921 bits per heavy atom. The van der Waals surface area contributed by atoms with E-state index in [4.69, 9.17) is 9.47 Å². The minimum absolute atomic E-state index is 0.00796. The molecule has 0 spiro atoms. The van der Waals surface area contributed by atoms with Crippen LogP contribution in [0.5, 0.6) is 0 Å². The van der Waals surface area contributed by atoms with Crippen LogP contribution in [0.25, 0.3) is 0 Å². The monoisotopic (exact) mass is 528 g/mol. The van der Waals surface area contributed by atoms with Gasteiger partial charge in [0.05, 0.1) is 18.1 Å². The van der Waals surface area contributed by atoms with Gasteiger partial charge in [-0.25, -0.2) is 0 Å². The second kappa shape index (κ2) is 8.57. The highest BCUT2D eigenvalue weighted by atomic mass is 16.5. The van der Waals surface area contributed by atoms with E-state index in [0.717, 1.165) is 44.9 Å². The summed E-state index contributed by atoms with van der Waals surface area (Å²) in [6, 6.07) is 0. The minimum Gasteiger partial charge on any atom is -0.469 e. The fraction of sp³-hybridized carbons (Fsp3) is 0.879. The number of ether oxygens (including phenoxy) is 2. The van der Waals surface area contributed by atoms with Gasteiger partial charge in [-0.05, 0) is 98.7 Å². The number of hydrogen-bond acceptors (Lipinski definition) is 5. The molecule has 0 radical (unpaired) electrons. The fourth-order valence-corrected chi connectivity index (χ4v) is 11.4. The summed E-state index contributed by atoms with van der Waals surface area (Å²) in [5.74, 6) is 0.783. The molecule has 0 unspecified atom stereocenters. The van der Waals surface area contributed by atoms with Gasteiger partial charge >= 0.3 is 11.9 Å². The molecule has 5 aliphatic carbocycles. The van der Waals surface area contributed by atoms with Crippen molar-refractivity contribution in [2.75, 3.05) is 7.11 Å². The Kier molecular flexibility index (Phi) is 6.36. The first-order valence-corrected chi connectivity index (χ1v) is 15.2. The second-order valence-corrected chi connectivity index (χ2v) is 15.5. The number of methoxy groups -OCH3 is 1. The smallest absolute Gasteiger partial charge is 0.312 e. The molecule has 5 rings (SSSR count). The third kappa shape index (κ3) is 3.45. The molecular formula is C33H52O5. The van der Waals surface area contributed by atoms with Crippen molar-refractivity contribution >= 4 is 11.9 Å². The number of hydrogen-bond donors (Lipinski definition) is 1. The quantitative estimate of drug-likeness (QED) is 0.313. The van der Waals surface area contributed by atoms with Crippen LogP contribution in [-0.4, -0.2) is 35.9 Å². The lowest BCUT2D eigenvalue weighted by atomic mass is 9.33. The Morgan fingerprint density at radius 2 is 1.58 bits per heavy atom. The lowest BCUT2D eigenvalue weighted by molar-refractivity contribution is -0.217. The predicted octanol–water partition coefficient (Wildman–Crippen LogP) is 6.86. The van der Waals surface area contributed by atoms with Crippen molar-refractivity contribution in [3.63, 3.8) is 0 Å². The molecular weight excluding hydrogens is 476 g/mol. The molecule has 0 heterocycles. The van der Waals surface area contributed by atoms with E-state index in [9.17, 15) is 14.7 Å². The molecule has 5 aliphatic rings. The molecule has 4 saturated carbocycles. The lowest BCUT2D eigenvalue weighted by Crippen LogP contribution is -2.66. The van der Waals surface area contributed by atoms with E-state index in [1.165, 1.54) is 19.6 Å². The normalized spacial score (nSPS) is 51.3. The zero-order valence-corrected chi connectivity index (χ0v) is 25.4. The van der Waals surface area contributed by atoms with Crippen LogP contribution in [0.3, 0.4) is 0 Å². The molecule has 0 aromatic heterocycles. The van der Waals surface area contributed by atoms with Crippen LogP contribution in [0, 0.1) is 50.7 Å². The molecule has 0 aromatic carbocycles. The molecule has 0 amide bonds. The first-order valence-electron chi connectivity index (χ1n) is 15.2. The van der Waals surface area contributed by atoms with Crippen molar-refractivity contribution in [3.8, 4) is 0 Å². The van der Waals surface area contributed by atoms with Gasteiger partial charge in [0.25, 0.3) is 0 Å². The van der Waals surface area contributed by atoms with Gasteiger partial charge in [0.1, 0.15) is 6.10 Å². The molecule has 0 bridgehead atoms. The van der Waals surface area contributed by atoms with Crippen LogP contribution in [0.2, 0.25) is 0 Å². The summed E-state index contributed by atoms with van der Waals surface area (Å²) >= 11 is 0. The Labute approximate surface area is 230 Å². The number of esters is 2. The van der Waals surface area contributed by atoms with Crippen LogP contribution in [0.15, 0.2) is 11.6 Å². The number of carbonyl (C=O) groups is 2. The van der Waals surface area contributed by atoms with Gasteiger partial charge in [-0.15, -0.1) is 0 Å². The van der Waals surface area contributed by atoms with Crippen LogP contribution < -0.4 is 0 Å². The first-order chi connectivity index (χ1) is 17.5. The zero-order valence-electron chi connectivity index (χ0n) is 25.4. The van der Waals surface area contributed by atoms with E-state index in [1.807, 2.05) is 6.92 Å². The summed E-state index contributed by atoms with van der Waals surface area (Å²) in [5, 5.41) is 11.4. The summed E-state index contributed by atoms with van der Waals surface area (Å²) in [5.41, 5.74) is 0.295. The molecule has 38 heavy (non-hydrogen) atoms. The third-order valence-corrected chi connectivity index (χ3v) is 13.9. The van der Waals surface area contributed by atoms with Gasteiger partial charge in [0, 0.05) is 18.3 Å². The van der Waals surface area contributed by atoms with Crippen molar-refractivity contribution < 1.29 is 24.2 Å². The number of aliphatic hydroxyl groups is 1. The molecule has 0 aromatic rings. The average Bonchev–Trinajstić information content (AvgIpc) is 2.83. The second-order valence-electron chi connectivity index (χ2n) is 15.5. The summed E-state index contributed by atoms with van der Waals surface area (Å²) in [4.78, 5) is 25.4. The molecule has 0 saturated heterocycles. The van der Waals surface area contributed by atoms with E-state index in [-0.39, 0.29) is 51.5 Å². The van der Waals surface area contributed by atoms with Crippen molar-refractivity contribution in [1.82, 2.24) is 0 Å². The lowest BCUT2D eigenvalue weighted by Gasteiger charge is -2.71. The maximum absolute atomic E-state index is 13.5. The number of allylic oxidation sites excluding steroid dienone is 2. The SMILES string of the molecule is COC(=O)[C@]12CC[C@](C)(O)[C@H](C)[C@H]1C1=CC[C@@H]3[C@@]4(C)CC[C@H](OC(C)=O)C(C)(C)[C@@H]4CC[C@@]3(C)[C@]1(C)CC2. The molecule has 5 nitrogen and oxygen atoms in total. The van der Waals surface area contributed by atoms with E-state index in [0.29, 0.717) is 24.7 Å². The molecule has 10 atom stereocenters. The van der Waals surface area contributed by atoms with E-state index < -0.39 is 11.0 Å². The molecule has 4 fully saturated rings. The van der Waals surface area contributed by atoms with Gasteiger partial charge in [-0.1, -0.05) is 53.2 Å². The zero-order chi connectivity index (χ0) is 28.1. The maximum atomic E-state index is 13.5. The molecule has 1 N–H and O–H groups in total. The van der Waals surface area contributed by atoms with Gasteiger partial charge in [0.15, 0.2) is 0 Å². The Hall–Kier alpha value is -1.36. The van der Waals surface area contributed by atoms with Gasteiger partial charge < -0.3 is 14.6 Å². The molecule has 5 heteroatoms. The van der Waals surface area contributed by atoms with Crippen molar-refractivity contribution in [2.24, 2.45) is 50.7 Å². The van der Waals surface area contributed by atoms with Crippen molar-refractivity contribution in [2.45, 2.75) is 125 Å². The average molecular weight is 529 g/mol. The van der Waals surface area contributed by atoms with Crippen molar-refractivity contribution in [3.05, 3.63) is 11.6 Å². The number of carbonyl (C=O) groups excluding carboxylic acids is 2. The maximum Gasteiger partial charge on any atom is 0.312 e. The molecule has 0 aliphatic heterocycles. The van der Waals surface area contributed by atoms with E-state index in [2.05, 4.69) is 47.6 Å². The summed E-state index contributed by atoms with van der Waals surface area (Å²) in [6.07, 6.45) is 11.0. The minimum atomic E-state index is -0.790. The molecule has 214 valence electrons. The Bertz CT molecular complexity index is 1040. The third-order valence-electron chi connectivity index (χ3n) is 13.9. The summed E-state index contributed by atoms with van der Waals surface area (Å²) in [6.45, 7) is 17.9. The van der Waals surface area contributed by atoms with E-state index >= 15 is 0 Å². The van der Waals surface area contributed by atoms with Crippen LogP contribution >= 0.6 is 0 Å². The highest BCUT2D eigenvalue weighted by Gasteiger charge is 2.70. The number of rotatable bonds is 2. The summed E-state index contributed by atoms with van der Waals surface area (Å²) in [7, 11) is 1.53. The van der Waals surface area contributed by atoms with Crippen LogP contribution in [0.4, 0.5) is 0 Å². The van der Waals surface area contributed by atoms with Crippen molar-refractivity contribution in [1.29, 1.82) is 0 Å². The van der Waals surface area contributed by atoms with Crippen LogP contribution in [0.1, 0.15) is 113 Å². The van der Waals surface area contributed by atoms with E-state index in [1.54, 1.807) is 0 Å². The van der Waals surface area contributed by atoms with Gasteiger partial charge in [-0.3, -0.25) is 9.59 Å². The topological polar surface area (TPSA) is 72.8 Å². The first kappa shape index (κ1) is 28.2. The number of fused-ring (bicyclic) bond motifs is 7. The van der Waals surface area contributed by atoms with Crippen LogP contribution in [-0.2, 0) is 19.1 Å². The highest BCUT2D eigenvalue weighted by Crippen LogP contribution is 2.76. The standard InChI is InChI=1S/C33H52O5/c1-20-26-22-10-11-24-29(5)14-13-25(38-21(2)34)28(3,4)23(29)12-15-31(24,7)30(22,6)16-18-33(26,27(35)37-9)19-17-32(20,8)36/h10,20,23-26,36H,11-19H2,1-9H3/t20-,23+,24-,25+,26+,29+,30-,31-,32+,33-/m1/s1. The largest absolute Gasteiger partial charge is 0.469 e. The Morgan fingerprint density at radius 3 is 2.21 bits per heavy atom. The van der Waals surface area contributed by atoms with Gasteiger partial charge in [0.2, 0.25) is 0 Å². The fourth-order valence-electron chi connectivity index (χ4n) is 11.4. The highest BCUT2D eigenvalue weighted by molar-refractivity contribution is 5.78.